The van der Waals surface area contributed by atoms with Crippen LogP contribution in [0, 0.1) is 0 Å². The molecule has 3 aromatic rings. The van der Waals surface area contributed by atoms with E-state index in [4.69, 9.17) is 17.3 Å². The first-order valence-electron chi connectivity index (χ1n) is 7.34. The fourth-order valence-electron chi connectivity index (χ4n) is 2.82. The van der Waals surface area contributed by atoms with Crippen molar-refractivity contribution in [3.63, 3.8) is 0 Å². The molecule has 1 aliphatic rings. The van der Waals surface area contributed by atoms with Crippen LogP contribution in [0.2, 0.25) is 5.02 Å². The lowest BCUT2D eigenvalue weighted by Crippen LogP contribution is -2.09. The van der Waals surface area contributed by atoms with Gasteiger partial charge in [-0.1, -0.05) is 17.7 Å². The summed E-state index contributed by atoms with van der Waals surface area (Å²) in [6, 6.07) is 3.83. The summed E-state index contributed by atoms with van der Waals surface area (Å²) in [5.74, 6) is 0.950. The largest absolute Gasteiger partial charge is 0.417 e. The minimum absolute atomic E-state index is 0.122. The molecule has 25 heavy (non-hydrogen) atoms. The zero-order chi connectivity index (χ0) is 17.8. The van der Waals surface area contributed by atoms with Crippen LogP contribution in [0.15, 0.2) is 23.2 Å². The minimum atomic E-state index is -4.51. The molecule has 0 radical (unpaired) electrons. The second-order valence-electron chi connectivity index (χ2n) is 5.60. The van der Waals surface area contributed by atoms with Crippen molar-refractivity contribution in [2.24, 2.45) is 0 Å². The third-order valence-corrected chi connectivity index (χ3v) is 5.20. The van der Waals surface area contributed by atoms with Crippen molar-refractivity contribution in [1.82, 2.24) is 19.7 Å². The van der Waals surface area contributed by atoms with Crippen LogP contribution < -0.4 is 5.73 Å². The summed E-state index contributed by atoms with van der Waals surface area (Å²) in [4.78, 5) is 8.45. The predicted octanol–water partition coefficient (Wildman–Crippen LogP) is 3.78. The number of nitrogen functional groups attached to an aromatic ring is 1. The second-order valence-corrected chi connectivity index (χ2v) is 7.09. The van der Waals surface area contributed by atoms with Gasteiger partial charge in [0.15, 0.2) is 5.65 Å². The predicted molar refractivity (Wildman–Crippen MR) is 89.7 cm³/mol. The molecule has 0 saturated heterocycles. The number of rotatable bonds is 2. The first-order chi connectivity index (χ1) is 11.8. The quantitative estimate of drug-likeness (QED) is 0.680. The molecule has 0 saturated carbocycles. The van der Waals surface area contributed by atoms with E-state index in [1.807, 2.05) is 0 Å². The summed E-state index contributed by atoms with van der Waals surface area (Å²) in [6.45, 7) is 0.136. The maximum atomic E-state index is 13.0. The number of aryl methyl sites for hydroxylation is 1. The van der Waals surface area contributed by atoms with Gasteiger partial charge >= 0.3 is 6.18 Å². The normalized spacial score (nSPS) is 14.2. The smallest absolute Gasteiger partial charge is 0.368 e. The van der Waals surface area contributed by atoms with Crippen LogP contribution in [0.3, 0.4) is 0 Å². The van der Waals surface area contributed by atoms with Crippen LogP contribution in [0.5, 0.6) is 0 Å². The lowest BCUT2D eigenvalue weighted by Gasteiger charge is -2.11. The molecule has 10 heteroatoms. The number of anilines is 1. The van der Waals surface area contributed by atoms with Gasteiger partial charge in [0.2, 0.25) is 5.95 Å². The topological polar surface area (TPSA) is 69.6 Å². The fraction of sp³-hybridized carbons (Fsp3) is 0.267. The number of alkyl halides is 3. The number of hydrogen-bond donors (Lipinski definition) is 1. The van der Waals surface area contributed by atoms with Crippen LogP contribution in [0.1, 0.15) is 16.8 Å². The standard InChI is InChI=1S/C15H11ClF3N5S/c16-9-2-1-7(5-8(9)15(17,18)19)6-24-12-11-10(23-24)3-4-25-13(11)22-14(20)21-12/h1-2,5H,3-4,6H2,(H2,20,21,22). The van der Waals surface area contributed by atoms with Crippen molar-refractivity contribution in [3.8, 4) is 0 Å². The number of benzene rings is 1. The van der Waals surface area contributed by atoms with E-state index in [9.17, 15) is 13.2 Å². The molecule has 0 unspecified atom stereocenters. The Balaban J connectivity index is 1.80. The zero-order valence-corrected chi connectivity index (χ0v) is 14.2. The van der Waals surface area contributed by atoms with Crippen molar-refractivity contribution >= 4 is 40.3 Å². The molecule has 0 fully saturated rings. The highest BCUT2D eigenvalue weighted by molar-refractivity contribution is 7.99. The van der Waals surface area contributed by atoms with Gasteiger partial charge in [0, 0.05) is 12.2 Å². The van der Waals surface area contributed by atoms with E-state index >= 15 is 0 Å². The van der Waals surface area contributed by atoms with Gasteiger partial charge < -0.3 is 5.73 Å². The number of nitrogens with zero attached hydrogens (tertiary/aromatic N) is 4. The summed E-state index contributed by atoms with van der Waals surface area (Å²) >= 11 is 7.25. The van der Waals surface area contributed by atoms with E-state index in [2.05, 4.69) is 15.1 Å². The highest BCUT2D eigenvalue weighted by Crippen LogP contribution is 2.36. The average molecular weight is 386 g/mol. The summed E-state index contributed by atoms with van der Waals surface area (Å²) in [6.07, 6.45) is -3.76. The Morgan fingerprint density at radius 2 is 2.08 bits per heavy atom. The Hall–Kier alpha value is -2.00. The number of halogens is 4. The third kappa shape index (κ3) is 2.91. The first kappa shape index (κ1) is 16.5. The Morgan fingerprint density at radius 3 is 2.84 bits per heavy atom. The summed E-state index contributed by atoms with van der Waals surface area (Å²) in [5.41, 5.74) is 6.70. The van der Waals surface area contributed by atoms with Crippen molar-refractivity contribution in [3.05, 3.63) is 40.0 Å². The van der Waals surface area contributed by atoms with Crippen LogP contribution in [0.25, 0.3) is 11.0 Å². The lowest BCUT2D eigenvalue weighted by molar-refractivity contribution is -0.137. The van der Waals surface area contributed by atoms with Gasteiger partial charge in [-0.3, -0.25) is 0 Å². The van der Waals surface area contributed by atoms with E-state index in [0.717, 1.165) is 34.3 Å². The molecule has 2 N–H and O–H groups in total. The Labute approximate surface area is 149 Å². The van der Waals surface area contributed by atoms with Gasteiger partial charge in [-0.25, -0.2) is 9.67 Å². The molecule has 4 rings (SSSR count). The van der Waals surface area contributed by atoms with Crippen LogP contribution in [-0.2, 0) is 19.1 Å². The van der Waals surface area contributed by atoms with Gasteiger partial charge in [0.05, 0.1) is 28.2 Å². The monoisotopic (exact) mass is 385 g/mol. The molecule has 0 spiro atoms. The highest BCUT2D eigenvalue weighted by Gasteiger charge is 2.33. The molecular weight excluding hydrogens is 375 g/mol. The molecule has 1 aliphatic heterocycles. The minimum Gasteiger partial charge on any atom is -0.368 e. The number of nitrogens with two attached hydrogens (primary N) is 1. The van der Waals surface area contributed by atoms with Gasteiger partial charge in [-0.2, -0.15) is 23.3 Å². The molecule has 0 bridgehead atoms. The third-order valence-electron chi connectivity index (χ3n) is 3.89. The summed E-state index contributed by atoms with van der Waals surface area (Å²) < 4.78 is 40.7. The van der Waals surface area contributed by atoms with Crippen molar-refractivity contribution < 1.29 is 13.2 Å². The van der Waals surface area contributed by atoms with Gasteiger partial charge in [0.1, 0.15) is 5.03 Å². The number of hydrogen-bond acceptors (Lipinski definition) is 5. The first-order valence-corrected chi connectivity index (χ1v) is 8.70. The van der Waals surface area contributed by atoms with E-state index in [1.165, 1.54) is 6.07 Å². The van der Waals surface area contributed by atoms with E-state index in [1.54, 1.807) is 22.5 Å². The average Bonchev–Trinajstić information content (AvgIpc) is 2.87. The lowest BCUT2D eigenvalue weighted by atomic mass is 10.1. The molecule has 3 heterocycles. The zero-order valence-electron chi connectivity index (χ0n) is 12.6. The molecule has 0 atom stereocenters. The molecule has 0 amide bonds. The van der Waals surface area contributed by atoms with Gasteiger partial charge in [0.25, 0.3) is 0 Å². The SMILES string of the molecule is Nc1nc2c3c(nn(Cc4ccc(Cl)c(C(F)(F)F)c4)c3n1)CCS2. The van der Waals surface area contributed by atoms with E-state index in [-0.39, 0.29) is 17.5 Å². The molecule has 130 valence electrons. The van der Waals surface area contributed by atoms with Crippen molar-refractivity contribution in [1.29, 1.82) is 0 Å². The molecule has 1 aromatic carbocycles. The van der Waals surface area contributed by atoms with Crippen molar-refractivity contribution in [2.45, 2.75) is 24.2 Å². The van der Waals surface area contributed by atoms with Crippen molar-refractivity contribution in [2.75, 3.05) is 11.5 Å². The maximum absolute atomic E-state index is 13.0. The van der Waals surface area contributed by atoms with E-state index < -0.39 is 11.7 Å². The van der Waals surface area contributed by atoms with Crippen LogP contribution in [0.4, 0.5) is 19.1 Å². The Kier molecular flexibility index (Phi) is 3.80. The summed E-state index contributed by atoms with van der Waals surface area (Å²) in [5, 5.41) is 5.77. The van der Waals surface area contributed by atoms with Gasteiger partial charge in [-0.05, 0) is 17.7 Å². The molecule has 5 nitrogen and oxygen atoms in total. The highest BCUT2D eigenvalue weighted by atomic mass is 35.5. The van der Waals surface area contributed by atoms with E-state index in [0.29, 0.717) is 11.2 Å². The second kappa shape index (κ2) is 5.77. The number of aromatic nitrogens is 4. The fourth-order valence-corrected chi connectivity index (χ4v) is 4.05. The Morgan fingerprint density at radius 1 is 1.28 bits per heavy atom. The number of thioether (sulfide) groups is 1. The molecule has 0 aliphatic carbocycles. The Bertz CT molecular complexity index is 985. The molecule has 2 aromatic heterocycles. The van der Waals surface area contributed by atoms with Gasteiger partial charge in [-0.15, -0.1) is 11.8 Å². The van der Waals surface area contributed by atoms with Crippen LogP contribution in [-0.4, -0.2) is 25.5 Å². The summed E-state index contributed by atoms with van der Waals surface area (Å²) in [7, 11) is 0. The maximum Gasteiger partial charge on any atom is 0.417 e. The molecular formula is C15H11ClF3N5S. The van der Waals surface area contributed by atoms with Crippen LogP contribution >= 0.6 is 23.4 Å².